The molecule has 2 aromatic heterocycles. The minimum absolute atomic E-state index is 0.0846. The number of para-hydroxylation sites is 1. The number of amides is 1. The van der Waals surface area contributed by atoms with Crippen LogP contribution in [-0.2, 0) is 29.1 Å². The molecule has 0 unspecified atom stereocenters. The zero-order valence-corrected chi connectivity index (χ0v) is 17.5. The van der Waals surface area contributed by atoms with E-state index in [1.165, 1.54) is 5.56 Å². The van der Waals surface area contributed by atoms with Gasteiger partial charge >= 0.3 is 5.97 Å². The lowest BCUT2D eigenvalue weighted by atomic mass is 10.0. The van der Waals surface area contributed by atoms with Crippen LogP contribution in [0.3, 0.4) is 0 Å². The van der Waals surface area contributed by atoms with E-state index in [4.69, 9.17) is 9.84 Å². The number of carboxylic acid groups (broad SMARTS) is 1. The van der Waals surface area contributed by atoms with Gasteiger partial charge < -0.3 is 19.3 Å². The summed E-state index contributed by atoms with van der Waals surface area (Å²) < 4.78 is 8.08. The van der Waals surface area contributed by atoms with Crippen molar-refractivity contribution in [2.45, 2.75) is 45.2 Å². The van der Waals surface area contributed by atoms with Crippen LogP contribution in [0.4, 0.5) is 0 Å². The highest BCUT2D eigenvalue weighted by molar-refractivity contribution is 5.83. The monoisotopic (exact) mass is 421 g/mol. The fourth-order valence-electron chi connectivity index (χ4n) is 4.20. The Morgan fingerprint density at radius 3 is 2.68 bits per heavy atom. The first-order valence-electron chi connectivity index (χ1n) is 10.8. The predicted molar refractivity (Wildman–Crippen MR) is 117 cm³/mol. The largest absolute Gasteiger partial charge is 0.492 e. The van der Waals surface area contributed by atoms with Gasteiger partial charge in [0.2, 0.25) is 5.91 Å². The number of benzene rings is 1. The van der Waals surface area contributed by atoms with Gasteiger partial charge in [0.25, 0.3) is 0 Å². The van der Waals surface area contributed by atoms with Crippen molar-refractivity contribution in [3.63, 3.8) is 0 Å². The number of rotatable bonds is 9. The van der Waals surface area contributed by atoms with Crippen molar-refractivity contribution < 1.29 is 19.4 Å². The average Bonchev–Trinajstić information content (AvgIpc) is 3.10. The number of pyridine rings is 1. The number of carboxylic acids is 1. The maximum atomic E-state index is 12.7. The molecular formula is C24H27N3O4. The maximum absolute atomic E-state index is 12.7. The van der Waals surface area contributed by atoms with Gasteiger partial charge in [0.15, 0.2) is 0 Å². The van der Waals surface area contributed by atoms with Crippen molar-refractivity contribution in [2.75, 3.05) is 13.2 Å². The zero-order chi connectivity index (χ0) is 21.6. The number of hydrogen-bond donors (Lipinski definition) is 1. The van der Waals surface area contributed by atoms with E-state index >= 15 is 0 Å². The smallest absolute Gasteiger partial charge is 0.303 e. The lowest BCUT2D eigenvalue weighted by molar-refractivity contribution is -0.137. The lowest BCUT2D eigenvalue weighted by Crippen LogP contribution is -2.36. The Labute approximate surface area is 181 Å². The number of fused-ring (bicyclic) bond motifs is 3. The zero-order valence-electron chi connectivity index (χ0n) is 17.5. The van der Waals surface area contributed by atoms with Crippen LogP contribution in [0, 0.1) is 0 Å². The number of carbonyl (C=O) groups excluding carboxylic acids is 1. The number of aliphatic carboxylic acids is 1. The number of unbranched alkanes of at least 4 members (excludes halogenated alkanes) is 1. The number of nitrogens with zero attached hydrogens (tertiary/aromatic N) is 3. The van der Waals surface area contributed by atoms with Gasteiger partial charge in [-0.3, -0.25) is 9.59 Å². The molecule has 0 atom stereocenters. The summed E-state index contributed by atoms with van der Waals surface area (Å²) in [6.45, 7) is 2.40. The van der Waals surface area contributed by atoms with Crippen LogP contribution in [0.2, 0.25) is 0 Å². The predicted octanol–water partition coefficient (Wildman–Crippen LogP) is 3.65. The first kappa shape index (κ1) is 20.9. The molecule has 0 aliphatic carbocycles. The van der Waals surface area contributed by atoms with Crippen LogP contribution in [0.25, 0.3) is 11.0 Å². The molecule has 7 nitrogen and oxygen atoms in total. The minimum atomic E-state index is -0.815. The summed E-state index contributed by atoms with van der Waals surface area (Å²) in [5, 5.41) is 9.91. The fourth-order valence-corrected chi connectivity index (χ4v) is 4.20. The molecule has 3 heterocycles. The molecule has 7 heteroatoms. The van der Waals surface area contributed by atoms with E-state index in [0.29, 0.717) is 45.5 Å². The summed E-state index contributed by atoms with van der Waals surface area (Å²) in [7, 11) is 0. The highest BCUT2D eigenvalue weighted by atomic mass is 16.5. The Hall–Kier alpha value is -3.35. The third kappa shape index (κ3) is 4.87. The van der Waals surface area contributed by atoms with Crippen molar-refractivity contribution in [2.24, 2.45) is 0 Å². The standard InChI is InChI=1S/C24H27N3O4/c28-22(10-4-5-11-23(29)30)26-14-12-19-20-9-6-13-25-24(20)27(21(19)17-26)15-16-31-18-7-2-1-3-8-18/h1-3,6-9,13H,4-5,10-12,14-17H2,(H,29,30). The first-order valence-corrected chi connectivity index (χ1v) is 10.8. The van der Waals surface area contributed by atoms with Crippen molar-refractivity contribution in [3.8, 4) is 5.75 Å². The molecule has 0 fully saturated rings. The van der Waals surface area contributed by atoms with Crippen molar-refractivity contribution in [1.82, 2.24) is 14.5 Å². The molecule has 0 radical (unpaired) electrons. The molecule has 0 spiro atoms. The summed E-state index contributed by atoms with van der Waals surface area (Å²) in [4.78, 5) is 29.9. The number of carbonyl (C=O) groups is 2. The molecule has 3 aromatic rings. The van der Waals surface area contributed by atoms with Gasteiger partial charge in [0, 0.05) is 36.7 Å². The van der Waals surface area contributed by atoms with Crippen molar-refractivity contribution in [1.29, 1.82) is 0 Å². The van der Waals surface area contributed by atoms with Crippen molar-refractivity contribution in [3.05, 3.63) is 59.9 Å². The fraction of sp³-hybridized carbons (Fsp3) is 0.375. The second-order valence-corrected chi connectivity index (χ2v) is 7.78. The van der Waals surface area contributed by atoms with E-state index in [1.807, 2.05) is 41.3 Å². The third-order valence-electron chi connectivity index (χ3n) is 5.72. The second kappa shape index (κ2) is 9.64. The van der Waals surface area contributed by atoms with Crippen molar-refractivity contribution >= 4 is 22.9 Å². The molecule has 1 amide bonds. The van der Waals surface area contributed by atoms with Crippen LogP contribution >= 0.6 is 0 Å². The van der Waals surface area contributed by atoms with Crippen LogP contribution in [0.1, 0.15) is 36.9 Å². The van der Waals surface area contributed by atoms with Gasteiger partial charge in [0.05, 0.1) is 13.1 Å². The Balaban J connectivity index is 1.47. The third-order valence-corrected chi connectivity index (χ3v) is 5.72. The minimum Gasteiger partial charge on any atom is -0.492 e. The number of ether oxygens (including phenoxy) is 1. The van der Waals surface area contributed by atoms with Gasteiger partial charge in [-0.25, -0.2) is 4.98 Å². The Morgan fingerprint density at radius 2 is 1.87 bits per heavy atom. The van der Waals surface area contributed by atoms with Gasteiger partial charge in [-0.1, -0.05) is 18.2 Å². The van der Waals surface area contributed by atoms with Crippen LogP contribution in [-0.4, -0.2) is 44.6 Å². The van der Waals surface area contributed by atoms with E-state index in [-0.39, 0.29) is 12.3 Å². The lowest BCUT2D eigenvalue weighted by Gasteiger charge is -2.28. The van der Waals surface area contributed by atoms with Gasteiger partial charge in [-0.05, 0) is 49.1 Å². The molecule has 162 valence electrons. The Bertz CT molecular complexity index is 1060. The summed E-state index contributed by atoms with van der Waals surface area (Å²) in [5.41, 5.74) is 3.31. The molecule has 1 N–H and O–H groups in total. The molecule has 1 aromatic carbocycles. The van der Waals surface area contributed by atoms with Gasteiger partial charge in [-0.15, -0.1) is 0 Å². The molecule has 1 aliphatic heterocycles. The van der Waals surface area contributed by atoms with Crippen LogP contribution < -0.4 is 4.74 Å². The highest BCUT2D eigenvalue weighted by Gasteiger charge is 2.26. The average molecular weight is 421 g/mol. The molecule has 1 aliphatic rings. The van der Waals surface area contributed by atoms with Crippen LogP contribution in [0.5, 0.6) is 5.75 Å². The number of hydrogen-bond acceptors (Lipinski definition) is 4. The van der Waals surface area contributed by atoms with Gasteiger partial charge in [-0.2, -0.15) is 0 Å². The normalized spacial score (nSPS) is 13.2. The summed E-state index contributed by atoms with van der Waals surface area (Å²) in [5.74, 6) is 0.102. The molecule has 31 heavy (non-hydrogen) atoms. The van der Waals surface area contributed by atoms with E-state index in [0.717, 1.165) is 28.9 Å². The van der Waals surface area contributed by atoms with Crippen LogP contribution in [0.15, 0.2) is 48.7 Å². The topological polar surface area (TPSA) is 84.7 Å². The quantitative estimate of drug-likeness (QED) is 0.533. The molecule has 0 saturated heterocycles. The summed E-state index contributed by atoms with van der Waals surface area (Å²) >= 11 is 0. The number of aromatic nitrogens is 2. The molecular weight excluding hydrogens is 394 g/mol. The first-order chi connectivity index (χ1) is 15.1. The molecule has 4 rings (SSSR count). The second-order valence-electron chi connectivity index (χ2n) is 7.78. The summed E-state index contributed by atoms with van der Waals surface area (Å²) in [6.07, 6.45) is 4.22. The Kier molecular flexibility index (Phi) is 6.50. The Morgan fingerprint density at radius 1 is 1.06 bits per heavy atom. The molecule has 0 bridgehead atoms. The SMILES string of the molecule is O=C(O)CCCCC(=O)N1CCc2c(n(CCOc3ccccc3)c3ncccc23)C1. The van der Waals surface area contributed by atoms with E-state index < -0.39 is 5.97 Å². The van der Waals surface area contributed by atoms with Gasteiger partial charge in [0.1, 0.15) is 18.0 Å². The van der Waals surface area contributed by atoms with E-state index in [1.54, 1.807) is 6.20 Å². The van der Waals surface area contributed by atoms with E-state index in [9.17, 15) is 9.59 Å². The highest BCUT2D eigenvalue weighted by Crippen LogP contribution is 2.30. The summed E-state index contributed by atoms with van der Waals surface area (Å²) in [6, 6.07) is 13.8. The van der Waals surface area contributed by atoms with E-state index in [2.05, 4.69) is 15.6 Å². The molecule has 0 saturated carbocycles. The maximum Gasteiger partial charge on any atom is 0.303 e.